The van der Waals surface area contributed by atoms with Gasteiger partial charge < -0.3 is 10.1 Å². The van der Waals surface area contributed by atoms with Gasteiger partial charge >= 0.3 is 0 Å². The van der Waals surface area contributed by atoms with Crippen LogP contribution < -0.4 is 5.32 Å². The van der Waals surface area contributed by atoms with E-state index in [0.29, 0.717) is 12.1 Å². The summed E-state index contributed by atoms with van der Waals surface area (Å²) in [6.45, 7) is 12.2. The van der Waals surface area contributed by atoms with Crippen LogP contribution >= 0.6 is 0 Å². The Kier molecular flexibility index (Phi) is 8.64. The SMILES string of the molecule is CCNCCCCCCN1CC(C)OCC1CC. The van der Waals surface area contributed by atoms with Gasteiger partial charge in [0.15, 0.2) is 0 Å². The van der Waals surface area contributed by atoms with E-state index in [4.69, 9.17) is 4.74 Å². The fourth-order valence-corrected chi connectivity index (χ4v) is 2.66. The van der Waals surface area contributed by atoms with Crippen LogP contribution in [-0.2, 0) is 4.74 Å². The van der Waals surface area contributed by atoms with Gasteiger partial charge in [0, 0.05) is 12.6 Å². The van der Waals surface area contributed by atoms with Crippen molar-refractivity contribution < 1.29 is 4.74 Å². The summed E-state index contributed by atoms with van der Waals surface area (Å²) < 4.78 is 5.73. The Bertz CT molecular complexity index is 199. The molecule has 2 unspecified atom stereocenters. The van der Waals surface area contributed by atoms with Crippen molar-refractivity contribution in [2.75, 3.05) is 32.8 Å². The highest BCUT2D eigenvalue weighted by Crippen LogP contribution is 2.15. The monoisotopic (exact) mass is 256 g/mol. The minimum absolute atomic E-state index is 0.418. The lowest BCUT2D eigenvalue weighted by atomic mass is 10.1. The predicted molar refractivity (Wildman–Crippen MR) is 78.1 cm³/mol. The molecule has 2 atom stereocenters. The molecule has 0 aromatic heterocycles. The van der Waals surface area contributed by atoms with Gasteiger partial charge in [0.25, 0.3) is 0 Å². The van der Waals surface area contributed by atoms with E-state index in [-0.39, 0.29) is 0 Å². The van der Waals surface area contributed by atoms with E-state index in [2.05, 4.69) is 31.0 Å². The molecule has 1 heterocycles. The lowest BCUT2D eigenvalue weighted by molar-refractivity contribution is -0.0561. The number of morpholine rings is 1. The molecule has 1 aliphatic rings. The van der Waals surface area contributed by atoms with E-state index >= 15 is 0 Å². The lowest BCUT2D eigenvalue weighted by Crippen LogP contribution is -2.48. The van der Waals surface area contributed by atoms with E-state index in [1.807, 2.05) is 0 Å². The molecule has 0 amide bonds. The molecule has 18 heavy (non-hydrogen) atoms. The first kappa shape index (κ1) is 15.9. The topological polar surface area (TPSA) is 24.5 Å². The average molecular weight is 256 g/mol. The summed E-state index contributed by atoms with van der Waals surface area (Å²) in [5, 5.41) is 3.38. The standard InChI is InChI=1S/C15H32N2O/c1-4-15-13-18-14(3)12-17(15)11-9-7-6-8-10-16-5-2/h14-16H,4-13H2,1-3H3. The molecule has 1 N–H and O–H groups in total. The third-order valence-corrected chi connectivity index (χ3v) is 3.85. The molecule has 0 aliphatic carbocycles. The number of nitrogens with zero attached hydrogens (tertiary/aromatic N) is 1. The molecule has 0 aromatic carbocycles. The highest BCUT2D eigenvalue weighted by atomic mass is 16.5. The van der Waals surface area contributed by atoms with Gasteiger partial charge in [0.05, 0.1) is 12.7 Å². The van der Waals surface area contributed by atoms with Crippen molar-refractivity contribution in [3.8, 4) is 0 Å². The number of rotatable bonds is 9. The Hall–Kier alpha value is -0.120. The first-order chi connectivity index (χ1) is 8.77. The van der Waals surface area contributed by atoms with E-state index < -0.39 is 0 Å². The molecule has 0 spiro atoms. The van der Waals surface area contributed by atoms with Gasteiger partial charge in [-0.05, 0) is 45.8 Å². The fraction of sp³-hybridized carbons (Fsp3) is 1.00. The first-order valence-corrected chi connectivity index (χ1v) is 7.84. The van der Waals surface area contributed by atoms with Gasteiger partial charge in [-0.2, -0.15) is 0 Å². The summed E-state index contributed by atoms with van der Waals surface area (Å²) in [7, 11) is 0. The number of ether oxygens (including phenoxy) is 1. The summed E-state index contributed by atoms with van der Waals surface area (Å²) in [5.74, 6) is 0. The third-order valence-electron chi connectivity index (χ3n) is 3.85. The van der Waals surface area contributed by atoms with E-state index in [9.17, 15) is 0 Å². The minimum atomic E-state index is 0.418. The van der Waals surface area contributed by atoms with Crippen LogP contribution in [-0.4, -0.2) is 49.8 Å². The number of hydrogen-bond donors (Lipinski definition) is 1. The predicted octanol–water partition coefficient (Wildman–Crippen LogP) is 2.66. The molecule has 0 radical (unpaired) electrons. The molecule has 3 heteroatoms. The van der Waals surface area contributed by atoms with Crippen molar-refractivity contribution in [2.24, 2.45) is 0 Å². The van der Waals surface area contributed by atoms with E-state index in [1.54, 1.807) is 0 Å². The maximum Gasteiger partial charge on any atom is 0.0674 e. The van der Waals surface area contributed by atoms with Crippen LogP contribution in [0.3, 0.4) is 0 Å². The van der Waals surface area contributed by atoms with Gasteiger partial charge in [0.2, 0.25) is 0 Å². The number of nitrogens with one attached hydrogen (secondary N) is 1. The van der Waals surface area contributed by atoms with Crippen molar-refractivity contribution in [3.05, 3.63) is 0 Å². The Balaban J connectivity index is 2.05. The summed E-state index contributed by atoms with van der Waals surface area (Å²) in [5.41, 5.74) is 0. The van der Waals surface area contributed by atoms with E-state index in [1.165, 1.54) is 45.2 Å². The zero-order valence-electron chi connectivity index (χ0n) is 12.6. The second-order valence-electron chi connectivity index (χ2n) is 5.47. The highest BCUT2D eigenvalue weighted by molar-refractivity contribution is 4.77. The van der Waals surface area contributed by atoms with Gasteiger partial charge in [-0.15, -0.1) is 0 Å². The Labute approximate surface area is 113 Å². The van der Waals surface area contributed by atoms with Crippen LogP contribution in [0.1, 0.15) is 52.9 Å². The molecule has 1 aliphatic heterocycles. The van der Waals surface area contributed by atoms with E-state index in [0.717, 1.165) is 19.7 Å². The van der Waals surface area contributed by atoms with Crippen LogP contribution in [0.2, 0.25) is 0 Å². The molecular weight excluding hydrogens is 224 g/mol. The Morgan fingerprint density at radius 3 is 2.67 bits per heavy atom. The lowest BCUT2D eigenvalue weighted by Gasteiger charge is -2.38. The molecular formula is C15H32N2O. The van der Waals surface area contributed by atoms with Crippen molar-refractivity contribution in [1.82, 2.24) is 10.2 Å². The molecule has 108 valence electrons. The molecule has 1 rings (SSSR count). The summed E-state index contributed by atoms with van der Waals surface area (Å²) >= 11 is 0. The maximum absolute atomic E-state index is 5.73. The van der Waals surface area contributed by atoms with Crippen molar-refractivity contribution >= 4 is 0 Å². The van der Waals surface area contributed by atoms with Crippen molar-refractivity contribution in [3.63, 3.8) is 0 Å². The molecule has 1 saturated heterocycles. The molecule has 0 aromatic rings. The summed E-state index contributed by atoms with van der Waals surface area (Å²) in [6.07, 6.45) is 7.03. The molecule has 1 fully saturated rings. The smallest absolute Gasteiger partial charge is 0.0674 e. The number of hydrogen-bond acceptors (Lipinski definition) is 3. The quantitative estimate of drug-likeness (QED) is 0.642. The second kappa shape index (κ2) is 9.76. The van der Waals surface area contributed by atoms with Crippen LogP contribution in [0.25, 0.3) is 0 Å². The largest absolute Gasteiger partial charge is 0.376 e. The van der Waals surface area contributed by atoms with Gasteiger partial charge in [-0.1, -0.05) is 26.7 Å². The highest BCUT2D eigenvalue weighted by Gasteiger charge is 2.24. The van der Waals surface area contributed by atoms with Crippen LogP contribution in [0.4, 0.5) is 0 Å². The first-order valence-electron chi connectivity index (χ1n) is 7.84. The normalized spacial score (nSPS) is 25.5. The molecule has 3 nitrogen and oxygen atoms in total. The van der Waals surface area contributed by atoms with Crippen LogP contribution in [0.15, 0.2) is 0 Å². The van der Waals surface area contributed by atoms with Gasteiger partial charge in [-0.25, -0.2) is 0 Å². The summed E-state index contributed by atoms with van der Waals surface area (Å²) in [4.78, 5) is 2.64. The Morgan fingerprint density at radius 1 is 1.17 bits per heavy atom. The second-order valence-corrected chi connectivity index (χ2v) is 5.47. The van der Waals surface area contributed by atoms with Gasteiger partial charge in [-0.3, -0.25) is 4.90 Å². The summed E-state index contributed by atoms with van der Waals surface area (Å²) in [6, 6.07) is 0.656. The molecule has 0 saturated carbocycles. The Morgan fingerprint density at radius 2 is 1.94 bits per heavy atom. The molecule has 0 bridgehead atoms. The number of unbranched alkanes of at least 4 members (excludes halogenated alkanes) is 3. The van der Waals surface area contributed by atoms with Crippen LogP contribution in [0.5, 0.6) is 0 Å². The van der Waals surface area contributed by atoms with Crippen LogP contribution in [0, 0.1) is 0 Å². The van der Waals surface area contributed by atoms with Crippen molar-refractivity contribution in [1.29, 1.82) is 0 Å². The van der Waals surface area contributed by atoms with Gasteiger partial charge in [0.1, 0.15) is 0 Å². The average Bonchev–Trinajstić information content (AvgIpc) is 2.38. The zero-order valence-corrected chi connectivity index (χ0v) is 12.6. The third kappa shape index (κ3) is 6.17. The zero-order chi connectivity index (χ0) is 13.2. The maximum atomic E-state index is 5.73. The fourth-order valence-electron chi connectivity index (χ4n) is 2.66. The van der Waals surface area contributed by atoms with Crippen molar-refractivity contribution in [2.45, 2.75) is 65.0 Å². The minimum Gasteiger partial charge on any atom is -0.376 e.